The molecule has 28 heavy (non-hydrogen) atoms. The fourth-order valence-corrected chi connectivity index (χ4v) is 4.73. The molecular formula is C22H21F3N2O. The number of amides is 1. The number of carbonyl (C=O) groups is 1. The first-order valence-electron chi connectivity index (χ1n) is 9.39. The van der Waals surface area contributed by atoms with Crippen molar-refractivity contribution in [1.82, 2.24) is 5.32 Å². The summed E-state index contributed by atoms with van der Waals surface area (Å²) < 4.78 is 42.3. The number of benzene rings is 2. The fraction of sp³-hybridized carbons (Fsp3) is 0.318. The van der Waals surface area contributed by atoms with E-state index >= 15 is 0 Å². The number of carbonyl (C=O) groups excluding carboxylic acids is 1. The van der Waals surface area contributed by atoms with E-state index in [1.807, 2.05) is 0 Å². The molecule has 1 saturated heterocycles. The van der Waals surface area contributed by atoms with E-state index in [4.69, 9.17) is 0 Å². The topological polar surface area (TPSA) is 32.3 Å². The second kappa shape index (κ2) is 7.09. The number of halogens is 3. The van der Waals surface area contributed by atoms with Crippen LogP contribution in [0.1, 0.15) is 35.2 Å². The Kier molecular flexibility index (Phi) is 4.75. The number of piperidine rings is 1. The molecule has 1 spiro atoms. The van der Waals surface area contributed by atoms with Gasteiger partial charge in [-0.15, -0.1) is 6.58 Å². The summed E-state index contributed by atoms with van der Waals surface area (Å²) >= 11 is 0. The SMILES string of the molecule is C=CC[C@H]1N(C(=O)c2cccc(F)c2F)c2ccc(F)cc2C12CCNCC2. The van der Waals surface area contributed by atoms with Crippen LogP contribution < -0.4 is 10.2 Å². The van der Waals surface area contributed by atoms with Crippen molar-refractivity contribution in [1.29, 1.82) is 0 Å². The van der Waals surface area contributed by atoms with E-state index in [1.54, 1.807) is 12.1 Å². The standard InChI is InChI=1S/C22H21F3N2O/c1-2-4-19-22(9-11-26-12-10-22)16-13-14(23)7-8-18(16)27(19)21(28)15-5-3-6-17(24)20(15)25/h2-3,5-8,13,19,26H,1,4,9-12H2/t19-/m1/s1. The normalized spacial score (nSPS) is 20.2. The summed E-state index contributed by atoms with van der Waals surface area (Å²) in [5, 5.41) is 3.30. The number of hydrogen-bond acceptors (Lipinski definition) is 2. The highest BCUT2D eigenvalue weighted by atomic mass is 19.2. The van der Waals surface area contributed by atoms with Gasteiger partial charge in [0.25, 0.3) is 5.91 Å². The van der Waals surface area contributed by atoms with Crippen LogP contribution in [0.4, 0.5) is 18.9 Å². The summed E-state index contributed by atoms with van der Waals surface area (Å²) in [6.07, 6.45) is 3.63. The summed E-state index contributed by atoms with van der Waals surface area (Å²) in [4.78, 5) is 14.9. The average Bonchev–Trinajstić information content (AvgIpc) is 2.94. The number of anilines is 1. The van der Waals surface area contributed by atoms with E-state index in [9.17, 15) is 18.0 Å². The Balaban J connectivity index is 1.89. The molecule has 2 aromatic rings. The first-order chi connectivity index (χ1) is 13.5. The lowest BCUT2D eigenvalue weighted by Crippen LogP contribution is -2.52. The van der Waals surface area contributed by atoms with Crippen LogP contribution in [0.3, 0.4) is 0 Å². The van der Waals surface area contributed by atoms with Gasteiger partial charge in [0, 0.05) is 11.1 Å². The molecule has 0 aliphatic carbocycles. The zero-order valence-corrected chi connectivity index (χ0v) is 15.4. The lowest BCUT2D eigenvalue weighted by atomic mass is 9.69. The van der Waals surface area contributed by atoms with Crippen molar-refractivity contribution in [3.05, 3.63) is 77.6 Å². The second-order valence-electron chi connectivity index (χ2n) is 7.38. The van der Waals surface area contributed by atoms with Crippen LogP contribution in [0.25, 0.3) is 0 Å². The molecule has 0 unspecified atom stereocenters. The maximum absolute atomic E-state index is 14.4. The fourth-order valence-electron chi connectivity index (χ4n) is 4.73. The largest absolute Gasteiger partial charge is 0.317 e. The van der Waals surface area contributed by atoms with Gasteiger partial charge in [-0.2, -0.15) is 0 Å². The van der Waals surface area contributed by atoms with Gasteiger partial charge < -0.3 is 10.2 Å². The smallest absolute Gasteiger partial charge is 0.261 e. The molecule has 4 rings (SSSR count). The van der Waals surface area contributed by atoms with Gasteiger partial charge in [-0.1, -0.05) is 12.1 Å². The van der Waals surface area contributed by atoms with Gasteiger partial charge in [0.05, 0.1) is 11.6 Å². The highest BCUT2D eigenvalue weighted by Gasteiger charge is 2.52. The number of nitrogens with zero attached hydrogens (tertiary/aromatic N) is 1. The summed E-state index contributed by atoms with van der Waals surface area (Å²) in [7, 11) is 0. The Morgan fingerprint density at radius 1 is 1.21 bits per heavy atom. The van der Waals surface area contributed by atoms with Gasteiger partial charge in [0.1, 0.15) is 5.82 Å². The first kappa shape index (κ1) is 18.7. The van der Waals surface area contributed by atoms with E-state index in [-0.39, 0.29) is 17.4 Å². The first-order valence-corrected chi connectivity index (χ1v) is 9.39. The third kappa shape index (κ3) is 2.75. The lowest BCUT2D eigenvalue weighted by Gasteiger charge is -2.41. The zero-order chi connectivity index (χ0) is 19.9. The molecule has 0 radical (unpaired) electrons. The number of nitrogens with one attached hydrogen (secondary N) is 1. The number of fused-ring (bicyclic) bond motifs is 2. The summed E-state index contributed by atoms with van der Waals surface area (Å²) in [5.41, 5.74) is 0.543. The second-order valence-corrected chi connectivity index (χ2v) is 7.38. The van der Waals surface area contributed by atoms with Gasteiger partial charge in [-0.3, -0.25) is 4.79 Å². The van der Waals surface area contributed by atoms with Crippen LogP contribution in [-0.2, 0) is 5.41 Å². The van der Waals surface area contributed by atoms with E-state index in [0.717, 1.165) is 37.6 Å². The Bertz CT molecular complexity index is 937. The van der Waals surface area contributed by atoms with Crippen LogP contribution in [0, 0.1) is 17.5 Å². The van der Waals surface area contributed by atoms with Crippen molar-refractivity contribution in [3.63, 3.8) is 0 Å². The molecule has 0 saturated carbocycles. The number of hydrogen-bond donors (Lipinski definition) is 1. The minimum Gasteiger partial charge on any atom is -0.317 e. The molecule has 1 fully saturated rings. The quantitative estimate of drug-likeness (QED) is 0.797. The highest BCUT2D eigenvalue weighted by molar-refractivity contribution is 6.08. The summed E-state index contributed by atoms with van der Waals surface area (Å²) in [5.74, 6) is -3.23. The lowest BCUT2D eigenvalue weighted by molar-refractivity contribution is 0.0959. The van der Waals surface area contributed by atoms with Crippen LogP contribution in [0.2, 0.25) is 0 Å². The molecular weight excluding hydrogens is 365 g/mol. The van der Waals surface area contributed by atoms with Crippen molar-refractivity contribution in [2.24, 2.45) is 0 Å². The molecule has 3 nitrogen and oxygen atoms in total. The van der Waals surface area contributed by atoms with Gasteiger partial charge >= 0.3 is 0 Å². The molecule has 2 heterocycles. The van der Waals surface area contributed by atoms with Gasteiger partial charge in [0.15, 0.2) is 11.6 Å². The van der Waals surface area contributed by atoms with Gasteiger partial charge in [-0.25, -0.2) is 13.2 Å². The predicted octanol–water partition coefficient (Wildman–Crippen LogP) is 4.33. The molecule has 0 bridgehead atoms. The minimum absolute atomic E-state index is 0.324. The van der Waals surface area contributed by atoms with Gasteiger partial charge in [-0.05, 0) is 68.2 Å². The Morgan fingerprint density at radius 2 is 1.96 bits per heavy atom. The third-order valence-electron chi connectivity index (χ3n) is 5.99. The van der Waals surface area contributed by atoms with E-state index in [0.29, 0.717) is 12.1 Å². The monoisotopic (exact) mass is 386 g/mol. The molecule has 1 amide bonds. The predicted molar refractivity (Wildman–Crippen MR) is 102 cm³/mol. The molecule has 2 aliphatic heterocycles. The molecule has 0 aromatic heterocycles. The molecule has 6 heteroatoms. The zero-order valence-electron chi connectivity index (χ0n) is 15.4. The highest BCUT2D eigenvalue weighted by Crippen LogP contribution is 2.52. The van der Waals surface area contributed by atoms with Crippen LogP contribution in [-0.4, -0.2) is 25.0 Å². The van der Waals surface area contributed by atoms with E-state index in [2.05, 4.69) is 11.9 Å². The van der Waals surface area contributed by atoms with E-state index in [1.165, 1.54) is 29.2 Å². The molecule has 2 aromatic carbocycles. The third-order valence-corrected chi connectivity index (χ3v) is 5.99. The van der Waals surface area contributed by atoms with Crippen molar-refractivity contribution < 1.29 is 18.0 Å². The van der Waals surface area contributed by atoms with Crippen LogP contribution >= 0.6 is 0 Å². The van der Waals surface area contributed by atoms with E-state index < -0.39 is 23.0 Å². The summed E-state index contributed by atoms with van der Waals surface area (Å²) in [6.45, 7) is 5.29. The van der Waals surface area contributed by atoms with Gasteiger partial charge in [0.2, 0.25) is 0 Å². The van der Waals surface area contributed by atoms with Crippen LogP contribution in [0.5, 0.6) is 0 Å². The van der Waals surface area contributed by atoms with Crippen molar-refractivity contribution in [2.75, 3.05) is 18.0 Å². The van der Waals surface area contributed by atoms with Crippen molar-refractivity contribution >= 4 is 11.6 Å². The Morgan fingerprint density at radius 3 is 2.68 bits per heavy atom. The molecule has 146 valence electrons. The maximum Gasteiger partial charge on any atom is 0.261 e. The average molecular weight is 386 g/mol. The Labute approximate surface area is 161 Å². The number of rotatable bonds is 3. The molecule has 1 atom stereocenters. The van der Waals surface area contributed by atoms with Crippen LogP contribution in [0.15, 0.2) is 49.1 Å². The molecule has 2 aliphatic rings. The van der Waals surface area contributed by atoms with Crippen molar-refractivity contribution in [3.8, 4) is 0 Å². The van der Waals surface area contributed by atoms with Crippen molar-refractivity contribution in [2.45, 2.75) is 30.7 Å². The maximum atomic E-state index is 14.4. The molecule has 1 N–H and O–H groups in total. The minimum atomic E-state index is -1.17. The summed E-state index contributed by atoms with van der Waals surface area (Å²) in [6, 6.07) is 7.58. The Hall–Kier alpha value is -2.60.